The number of ketones is 1. The van der Waals surface area contributed by atoms with Gasteiger partial charge in [0, 0.05) is 31.2 Å². The second-order valence-corrected chi connectivity index (χ2v) is 13.5. The fourth-order valence-corrected chi connectivity index (χ4v) is 8.39. The Bertz CT molecular complexity index is 1010. The fraction of sp³-hybridized carbons (Fsp3) is 0.833. The molecule has 0 amide bonds. The highest BCUT2D eigenvalue weighted by Gasteiger charge is 2.82. The van der Waals surface area contributed by atoms with E-state index in [1.54, 1.807) is 13.8 Å². The second kappa shape index (κ2) is 10.2. The Labute approximate surface area is 232 Å². The third kappa shape index (κ3) is 4.67. The smallest absolute Gasteiger partial charge is 0.307 e. The van der Waals surface area contributed by atoms with Crippen molar-refractivity contribution in [2.45, 2.75) is 122 Å². The zero-order valence-electron chi connectivity index (χ0n) is 24.5. The highest BCUT2D eigenvalue weighted by molar-refractivity contribution is 5.92. The first-order chi connectivity index (χ1) is 18.1. The lowest BCUT2D eigenvalue weighted by molar-refractivity contribution is -0.371. The third-order valence-corrected chi connectivity index (χ3v) is 10.3. The molecule has 0 bridgehead atoms. The number of esters is 2. The van der Waals surface area contributed by atoms with Gasteiger partial charge in [-0.1, -0.05) is 33.3 Å². The summed E-state index contributed by atoms with van der Waals surface area (Å²) in [5.41, 5.74) is -7.29. The lowest BCUT2D eigenvalue weighted by atomic mass is 9.39. The molecule has 2 saturated carbocycles. The van der Waals surface area contributed by atoms with E-state index in [2.05, 4.69) is 11.5 Å². The first-order valence-electron chi connectivity index (χ1n) is 14.4. The van der Waals surface area contributed by atoms with Gasteiger partial charge in [-0.25, -0.2) is 0 Å². The highest BCUT2D eigenvalue weighted by Crippen LogP contribution is 2.67. The van der Waals surface area contributed by atoms with Crippen LogP contribution in [-0.4, -0.2) is 87.6 Å². The number of piperidine rings is 1. The zero-order chi connectivity index (χ0) is 29.0. The van der Waals surface area contributed by atoms with Gasteiger partial charge in [-0.05, 0) is 58.0 Å². The van der Waals surface area contributed by atoms with Gasteiger partial charge in [-0.2, -0.15) is 0 Å². The van der Waals surface area contributed by atoms with E-state index in [1.165, 1.54) is 26.3 Å². The number of likely N-dealkylation sites (tertiary alicyclic amines) is 1. The van der Waals surface area contributed by atoms with Crippen LogP contribution in [0.25, 0.3) is 0 Å². The Morgan fingerprint density at radius 1 is 1.13 bits per heavy atom. The molecule has 9 nitrogen and oxygen atoms in total. The minimum atomic E-state index is -2.24. The molecule has 39 heavy (non-hydrogen) atoms. The van der Waals surface area contributed by atoms with E-state index >= 15 is 0 Å². The fourth-order valence-electron chi connectivity index (χ4n) is 8.39. The van der Waals surface area contributed by atoms with Crippen LogP contribution < -0.4 is 0 Å². The Hall–Kier alpha value is -1.81. The molecule has 2 aliphatic heterocycles. The summed E-state index contributed by atoms with van der Waals surface area (Å²) in [7, 11) is 0. The molecule has 9 heteroatoms. The Kier molecular flexibility index (Phi) is 7.91. The van der Waals surface area contributed by atoms with Crippen molar-refractivity contribution < 1.29 is 38.8 Å². The molecule has 2 N–H and O–H groups in total. The normalized spacial score (nSPS) is 44.1. The topological polar surface area (TPSA) is 123 Å². The Balaban J connectivity index is 1.83. The molecule has 0 spiro atoms. The molecule has 0 aromatic carbocycles. The molecule has 220 valence electrons. The number of Topliss-reactive ketones (excluding diaryl/α,β-unsaturated/α-hetero) is 1. The van der Waals surface area contributed by atoms with E-state index in [0.29, 0.717) is 19.4 Å². The van der Waals surface area contributed by atoms with Crippen LogP contribution in [0, 0.1) is 16.7 Å². The van der Waals surface area contributed by atoms with Gasteiger partial charge in [0.2, 0.25) is 0 Å². The highest BCUT2D eigenvalue weighted by atomic mass is 16.6. The minimum Gasteiger partial charge on any atom is -0.458 e. The van der Waals surface area contributed by atoms with Crippen LogP contribution in [0.3, 0.4) is 0 Å². The largest absolute Gasteiger partial charge is 0.458 e. The van der Waals surface area contributed by atoms with Crippen LogP contribution in [0.2, 0.25) is 0 Å². The lowest BCUT2D eigenvalue weighted by Gasteiger charge is -2.71. The standard InChI is InChI=1S/C30H47NO8/c1-8-27(5)18-21(34)30(36)28(6)20(33)12-14-26(3,4)24(28)23(25(37-19(2)32)29(30,7)39-27)38-22(35)13-17-31-15-10-9-11-16-31/h8,20,23-25,33,36H,1,9-18H2,2-7H3/t20-,23-,24-,25-,27-,28-,29+,30-/m0/s1. The van der Waals surface area contributed by atoms with E-state index in [-0.39, 0.29) is 12.8 Å². The maximum absolute atomic E-state index is 14.0. The van der Waals surface area contributed by atoms with Crippen LogP contribution in [0.4, 0.5) is 0 Å². The number of rotatable bonds is 6. The van der Waals surface area contributed by atoms with Crippen LogP contribution in [-0.2, 0) is 28.6 Å². The van der Waals surface area contributed by atoms with E-state index in [9.17, 15) is 24.6 Å². The second-order valence-electron chi connectivity index (χ2n) is 13.5. The van der Waals surface area contributed by atoms with E-state index in [4.69, 9.17) is 14.2 Å². The number of aliphatic hydroxyl groups is 2. The summed E-state index contributed by atoms with van der Waals surface area (Å²) in [5.74, 6) is -2.34. The number of ether oxygens (including phenoxy) is 3. The van der Waals surface area contributed by atoms with E-state index in [1.807, 2.05) is 13.8 Å². The molecule has 0 radical (unpaired) electrons. The monoisotopic (exact) mass is 549 g/mol. The van der Waals surface area contributed by atoms with Gasteiger partial charge >= 0.3 is 11.9 Å². The summed E-state index contributed by atoms with van der Waals surface area (Å²) >= 11 is 0. The SMILES string of the molecule is C=C[C@@]1(C)CC(=O)[C@]2(O)[C@@]3(C)[C@@H](O)CCC(C)(C)[C@@H]3[C@H](OC(=O)CCN3CCCCC3)[C@H](OC(C)=O)[C@@]2(C)O1. The molecule has 2 heterocycles. The van der Waals surface area contributed by atoms with Crippen molar-refractivity contribution in [2.24, 2.45) is 16.7 Å². The average Bonchev–Trinajstić information content (AvgIpc) is 2.86. The van der Waals surface area contributed by atoms with Gasteiger partial charge in [-0.3, -0.25) is 14.4 Å². The molecule has 4 fully saturated rings. The Morgan fingerprint density at radius 3 is 2.36 bits per heavy atom. The number of carbonyl (C=O) groups is 3. The van der Waals surface area contributed by atoms with Crippen molar-refractivity contribution in [3.05, 3.63) is 12.7 Å². The maximum Gasteiger partial charge on any atom is 0.307 e. The molecule has 4 aliphatic rings. The Morgan fingerprint density at radius 2 is 1.77 bits per heavy atom. The number of carbonyl (C=O) groups excluding carboxylic acids is 3. The van der Waals surface area contributed by atoms with E-state index < -0.39 is 69.6 Å². The molecule has 0 aromatic heterocycles. The lowest BCUT2D eigenvalue weighted by Crippen LogP contribution is -2.87. The van der Waals surface area contributed by atoms with Crippen molar-refractivity contribution in [3.63, 3.8) is 0 Å². The van der Waals surface area contributed by atoms with Crippen LogP contribution in [0.1, 0.15) is 86.5 Å². The van der Waals surface area contributed by atoms with Gasteiger partial charge < -0.3 is 29.3 Å². The van der Waals surface area contributed by atoms with Gasteiger partial charge in [0.1, 0.15) is 11.7 Å². The average molecular weight is 550 g/mol. The summed E-state index contributed by atoms with van der Waals surface area (Å²) < 4.78 is 18.6. The number of aliphatic hydroxyl groups excluding tert-OH is 1. The molecular formula is C30H47NO8. The molecular weight excluding hydrogens is 502 g/mol. The number of hydrogen-bond donors (Lipinski definition) is 2. The molecule has 4 rings (SSSR count). The van der Waals surface area contributed by atoms with Crippen molar-refractivity contribution in [2.75, 3.05) is 19.6 Å². The van der Waals surface area contributed by atoms with Crippen molar-refractivity contribution >= 4 is 17.7 Å². The van der Waals surface area contributed by atoms with Gasteiger partial charge in [0.15, 0.2) is 17.5 Å². The zero-order valence-corrected chi connectivity index (χ0v) is 24.5. The number of fused-ring (bicyclic) bond motifs is 3. The summed E-state index contributed by atoms with van der Waals surface area (Å²) in [6.45, 7) is 16.4. The first kappa shape index (κ1) is 30.2. The van der Waals surface area contributed by atoms with Crippen molar-refractivity contribution in [1.29, 1.82) is 0 Å². The molecule has 2 aliphatic carbocycles. The third-order valence-electron chi connectivity index (χ3n) is 10.3. The summed E-state index contributed by atoms with van der Waals surface area (Å²) in [4.78, 5) is 42.2. The van der Waals surface area contributed by atoms with Crippen LogP contribution in [0.5, 0.6) is 0 Å². The summed E-state index contributed by atoms with van der Waals surface area (Å²) in [5, 5.41) is 24.2. The molecule has 0 unspecified atom stereocenters. The van der Waals surface area contributed by atoms with Gasteiger partial charge in [-0.15, -0.1) is 6.58 Å². The predicted molar refractivity (Wildman–Crippen MR) is 144 cm³/mol. The quantitative estimate of drug-likeness (QED) is 0.380. The van der Waals surface area contributed by atoms with E-state index in [0.717, 1.165) is 25.9 Å². The molecule has 2 saturated heterocycles. The summed E-state index contributed by atoms with van der Waals surface area (Å²) in [6, 6.07) is 0. The maximum atomic E-state index is 14.0. The summed E-state index contributed by atoms with van der Waals surface area (Å²) in [6.07, 6.45) is 2.33. The number of hydrogen-bond acceptors (Lipinski definition) is 9. The predicted octanol–water partition coefficient (Wildman–Crippen LogP) is 2.95. The molecule has 0 aromatic rings. The van der Waals surface area contributed by atoms with Crippen molar-refractivity contribution in [1.82, 2.24) is 4.90 Å². The van der Waals surface area contributed by atoms with Crippen LogP contribution in [0.15, 0.2) is 12.7 Å². The molecule has 8 atom stereocenters. The minimum absolute atomic E-state index is 0.154. The van der Waals surface area contributed by atoms with Gasteiger partial charge in [0.05, 0.1) is 18.1 Å². The first-order valence-corrected chi connectivity index (χ1v) is 14.4. The van der Waals surface area contributed by atoms with Crippen LogP contribution >= 0.6 is 0 Å². The number of nitrogens with zero attached hydrogens (tertiary/aromatic N) is 1. The van der Waals surface area contributed by atoms with Gasteiger partial charge in [0.25, 0.3) is 0 Å². The van der Waals surface area contributed by atoms with Crippen molar-refractivity contribution in [3.8, 4) is 0 Å².